The van der Waals surface area contributed by atoms with Crippen LogP contribution in [-0.4, -0.2) is 26.0 Å². The van der Waals surface area contributed by atoms with E-state index in [0.29, 0.717) is 18.7 Å². The zero-order chi connectivity index (χ0) is 20.6. The smallest absolute Gasteiger partial charge is 0.264 e. The maximum Gasteiger partial charge on any atom is 0.264 e. The van der Waals surface area contributed by atoms with E-state index >= 15 is 0 Å². The number of para-hydroxylation sites is 1. The third kappa shape index (κ3) is 3.56. The van der Waals surface area contributed by atoms with E-state index in [1.165, 1.54) is 22.5 Å². The van der Waals surface area contributed by atoms with Crippen LogP contribution in [0.4, 0.5) is 11.4 Å². The minimum Gasteiger partial charge on any atom is -0.506 e. The third-order valence-electron chi connectivity index (χ3n) is 4.93. The highest BCUT2D eigenvalue weighted by molar-refractivity contribution is 7.92. The van der Waals surface area contributed by atoms with Gasteiger partial charge in [-0.05, 0) is 60.9 Å². The second-order valence-corrected chi connectivity index (χ2v) is 8.82. The van der Waals surface area contributed by atoms with Gasteiger partial charge in [-0.1, -0.05) is 30.3 Å². The first-order chi connectivity index (χ1) is 13.9. The number of aromatic hydroxyl groups is 1. The number of nitrogens with one attached hydrogen (secondary N) is 1. The van der Waals surface area contributed by atoms with Crippen LogP contribution >= 0.6 is 0 Å². The van der Waals surface area contributed by atoms with Gasteiger partial charge in [-0.25, -0.2) is 8.42 Å². The van der Waals surface area contributed by atoms with E-state index in [0.717, 1.165) is 11.1 Å². The molecule has 148 valence electrons. The van der Waals surface area contributed by atoms with Crippen LogP contribution in [0.5, 0.6) is 5.75 Å². The van der Waals surface area contributed by atoms with Crippen LogP contribution < -0.4 is 9.62 Å². The van der Waals surface area contributed by atoms with Gasteiger partial charge in [0.1, 0.15) is 5.75 Å². The van der Waals surface area contributed by atoms with Crippen molar-refractivity contribution in [2.75, 3.05) is 16.2 Å². The summed E-state index contributed by atoms with van der Waals surface area (Å²) in [7, 11) is -3.79. The Morgan fingerprint density at radius 2 is 1.83 bits per heavy atom. The number of phenolic OH excluding ortho intramolecular Hbond substituents is 1. The number of hydrogen-bond donors (Lipinski definition) is 2. The molecule has 0 fully saturated rings. The van der Waals surface area contributed by atoms with Crippen molar-refractivity contribution in [3.8, 4) is 5.75 Å². The van der Waals surface area contributed by atoms with Crippen molar-refractivity contribution in [3.63, 3.8) is 0 Å². The van der Waals surface area contributed by atoms with E-state index in [-0.39, 0.29) is 21.9 Å². The molecule has 0 spiro atoms. The molecule has 3 aromatic rings. The lowest BCUT2D eigenvalue weighted by Crippen LogP contribution is -2.29. The number of hydrogen-bond acceptors (Lipinski definition) is 4. The Bertz CT molecular complexity index is 1200. The van der Waals surface area contributed by atoms with Crippen LogP contribution in [0.2, 0.25) is 0 Å². The fraction of sp³-hybridized carbons (Fsp3) is 0.136. The molecule has 0 saturated heterocycles. The number of sulfonamides is 1. The Morgan fingerprint density at radius 3 is 2.62 bits per heavy atom. The summed E-state index contributed by atoms with van der Waals surface area (Å²) in [4.78, 5) is 12.7. The third-order valence-corrected chi connectivity index (χ3v) is 6.74. The van der Waals surface area contributed by atoms with E-state index in [9.17, 15) is 18.3 Å². The predicted molar refractivity (Wildman–Crippen MR) is 112 cm³/mol. The number of aryl methyl sites for hydroxylation is 1. The average molecular weight is 408 g/mol. The topological polar surface area (TPSA) is 86.7 Å². The number of amides is 1. The molecular weight excluding hydrogens is 388 g/mol. The molecule has 0 aliphatic carbocycles. The number of phenols is 1. The Labute approximate surface area is 169 Å². The van der Waals surface area contributed by atoms with Crippen molar-refractivity contribution in [3.05, 3.63) is 83.4 Å². The minimum absolute atomic E-state index is 0.0456. The van der Waals surface area contributed by atoms with Crippen molar-refractivity contribution < 1.29 is 18.3 Å². The molecule has 4 rings (SSSR count). The molecule has 2 N–H and O–H groups in total. The molecule has 6 nitrogen and oxygen atoms in total. The lowest BCUT2D eigenvalue weighted by molar-refractivity contribution is 0.102. The summed E-state index contributed by atoms with van der Waals surface area (Å²) in [5.41, 5.74) is 2.98. The average Bonchev–Trinajstić information content (AvgIpc) is 3.15. The van der Waals surface area contributed by atoms with E-state index < -0.39 is 15.9 Å². The highest BCUT2D eigenvalue weighted by Crippen LogP contribution is 2.33. The summed E-state index contributed by atoms with van der Waals surface area (Å²) < 4.78 is 27.7. The van der Waals surface area contributed by atoms with Crippen LogP contribution in [-0.2, 0) is 16.4 Å². The SMILES string of the molecule is Cc1ccc(NC(=O)c2cccc(S(=O)(=O)N3CCc4ccccc43)c2)c(O)c1. The van der Waals surface area contributed by atoms with Gasteiger partial charge in [0.2, 0.25) is 0 Å². The molecule has 7 heteroatoms. The molecule has 1 aliphatic heterocycles. The number of carbonyl (C=O) groups is 1. The summed E-state index contributed by atoms with van der Waals surface area (Å²) >= 11 is 0. The van der Waals surface area contributed by atoms with E-state index in [2.05, 4.69) is 5.32 Å². The number of anilines is 2. The highest BCUT2D eigenvalue weighted by atomic mass is 32.2. The first-order valence-electron chi connectivity index (χ1n) is 9.18. The lowest BCUT2D eigenvalue weighted by atomic mass is 10.2. The molecule has 29 heavy (non-hydrogen) atoms. The molecular formula is C22H20N2O4S. The van der Waals surface area contributed by atoms with E-state index in [4.69, 9.17) is 0 Å². The number of carbonyl (C=O) groups excluding carboxylic acids is 1. The molecule has 0 saturated carbocycles. The summed E-state index contributed by atoms with van der Waals surface area (Å²) in [5.74, 6) is -0.543. The molecule has 0 bridgehead atoms. The van der Waals surface area contributed by atoms with Gasteiger partial charge in [-0.3, -0.25) is 9.10 Å². The van der Waals surface area contributed by atoms with Gasteiger partial charge in [-0.2, -0.15) is 0 Å². The van der Waals surface area contributed by atoms with Crippen molar-refractivity contribution in [2.24, 2.45) is 0 Å². The molecule has 0 radical (unpaired) electrons. The zero-order valence-electron chi connectivity index (χ0n) is 15.8. The van der Waals surface area contributed by atoms with Gasteiger partial charge in [0, 0.05) is 12.1 Å². The van der Waals surface area contributed by atoms with Gasteiger partial charge in [0.05, 0.1) is 16.3 Å². The van der Waals surface area contributed by atoms with Crippen molar-refractivity contribution in [1.82, 2.24) is 0 Å². The summed E-state index contributed by atoms with van der Waals surface area (Å²) in [6, 6.07) is 18.2. The van der Waals surface area contributed by atoms with Crippen LogP contribution in [0.1, 0.15) is 21.5 Å². The van der Waals surface area contributed by atoms with E-state index in [1.807, 2.05) is 25.1 Å². The second kappa shape index (κ2) is 7.25. The fourth-order valence-electron chi connectivity index (χ4n) is 3.42. The Kier molecular flexibility index (Phi) is 4.76. The number of fused-ring (bicyclic) bond motifs is 1. The quantitative estimate of drug-likeness (QED) is 0.645. The number of rotatable bonds is 4. The molecule has 3 aromatic carbocycles. The summed E-state index contributed by atoms with van der Waals surface area (Å²) in [5, 5.41) is 12.6. The van der Waals surface area contributed by atoms with Gasteiger partial charge < -0.3 is 10.4 Å². The zero-order valence-corrected chi connectivity index (χ0v) is 16.6. The molecule has 0 atom stereocenters. The standard InChI is InChI=1S/C22H20N2O4S/c1-15-9-10-19(21(25)13-15)23-22(26)17-6-4-7-18(14-17)29(27,28)24-12-11-16-5-2-3-8-20(16)24/h2-10,13-14,25H,11-12H2,1H3,(H,23,26). The maximum absolute atomic E-state index is 13.2. The van der Waals surface area contributed by atoms with Crippen LogP contribution in [0.3, 0.4) is 0 Å². The van der Waals surface area contributed by atoms with Gasteiger partial charge in [0.15, 0.2) is 0 Å². The Hall–Kier alpha value is -3.32. The first-order valence-corrected chi connectivity index (χ1v) is 10.6. The lowest BCUT2D eigenvalue weighted by Gasteiger charge is -2.20. The Morgan fingerprint density at radius 1 is 1.03 bits per heavy atom. The molecule has 1 aliphatic rings. The van der Waals surface area contributed by atoms with Crippen molar-refractivity contribution >= 4 is 27.3 Å². The minimum atomic E-state index is -3.79. The molecule has 1 amide bonds. The number of nitrogens with zero attached hydrogens (tertiary/aromatic N) is 1. The Balaban J connectivity index is 1.62. The van der Waals surface area contributed by atoms with E-state index in [1.54, 1.807) is 30.3 Å². The first kappa shape index (κ1) is 19.0. The van der Waals surface area contributed by atoms with Crippen molar-refractivity contribution in [2.45, 2.75) is 18.2 Å². The largest absolute Gasteiger partial charge is 0.506 e. The second-order valence-electron chi connectivity index (χ2n) is 6.96. The molecule has 0 aromatic heterocycles. The van der Waals surface area contributed by atoms with Crippen LogP contribution in [0, 0.1) is 6.92 Å². The monoisotopic (exact) mass is 408 g/mol. The predicted octanol–water partition coefficient (Wildman–Crippen LogP) is 3.70. The normalized spacial score (nSPS) is 13.2. The van der Waals surface area contributed by atoms with Crippen molar-refractivity contribution in [1.29, 1.82) is 0 Å². The fourth-order valence-corrected chi connectivity index (χ4v) is 4.97. The summed E-state index contributed by atoms with van der Waals surface area (Å²) in [6.07, 6.45) is 0.655. The number of benzene rings is 3. The highest BCUT2D eigenvalue weighted by Gasteiger charge is 2.31. The molecule has 0 unspecified atom stereocenters. The van der Waals surface area contributed by atoms with Gasteiger partial charge in [0.25, 0.3) is 15.9 Å². The van der Waals surface area contributed by atoms with Gasteiger partial charge >= 0.3 is 0 Å². The van der Waals surface area contributed by atoms with Crippen LogP contribution in [0.25, 0.3) is 0 Å². The maximum atomic E-state index is 13.2. The van der Waals surface area contributed by atoms with Crippen LogP contribution in [0.15, 0.2) is 71.6 Å². The van der Waals surface area contributed by atoms with Gasteiger partial charge in [-0.15, -0.1) is 0 Å². The summed E-state index contributed by atoms with van der Waals surface area (Å²) in [6.45, 7) is 2.20. The molecule has 1 heterocycles.